The van der Waals surface area contributed by atoms with E-state index in [0.29, 0.717) is 12.1 Å². The maximum absolute atomic E-state index is 10.4. The average Bonchev–Trinajstić information content (AvgIpc) is 2.74. The zero-order valence-corrected chi connectivity index (χ0v) is 11.0. The third-order valence-corrected chi connectivity index (χ3v) is 3.53. The molecule has 1 aliphatic rings. The van der Waals surface area contributed by atoms with Gasteiger partial charge < -0.3 is 10.0 Å². The second-order valence-corrected chi connectivity index (χ2v) is 5.25. The van der Waals surface area contributed by atoms with E-state index in [1.807, 2.05) is 18.9 Å². The van der Waals surface area contributed by atoms with Gasteiger partial charge in [-0.1, -0.05) is 12.8 Å². The van der Waals surface area contributed by atoms with Crippen molar-refractivity contribution in [1.82, 2.24) is 4.98 Å². The molecule has 0 aromatic carbocycles. The fourth-order valence-corrected chi connectivity index (χ4v) is 2.62. The van der Waals surface area contributed by atoms with Gasteiger partial charge in [0.25, 0.3) is 0 Å². The van der Waals surface area contributed by atoms with E-state index in [1.165, 1.54) is 0 Å². The summed E-state index contributed by atoms with van der Waals surface area (Å²) in [5.41, 5.74) is 0.851. The Balaban J connectivity index is 2.16. The molecule has 1 aromatic heterocycles. The van der Waals surface area contributed by atoms with Crippen LogP contribution in [0.4, 0.5) is 5.82 Å². The van der Waals surface area contributed by atoms with Crippen molar-refractivity contribution in [3.63, 3.8) is 0 Å². The Labute approximate surface area is 108 Å². The summed E-state index contributed by atoms with van der Waals surface area (Å²) in [5.74, 6) is 0.756. The first-order valence-corrected chi connectivity index (χ1v) is 6.35. The molecule has 1 heterocycles. The predicted octanol–water partition coefficient (Wildman–Crippen LogP) is 2.00. The molecule has 1 N–H and O–H groups in total. The van der Waals surface area contributed by atoms with Crippen molar-refractivity contribution in [3.8, 4) is 6.07 Å². The van der Waals surface area contributed by atoms with E-state index in [9.17, 15) is 5.11 Å². The third-order valence-electron chi connectivity index (χ3n) is 3.53. The van der Waals surface area contributed by atoms with Gasteiger partial charge in [0, 0.05) is 19.3 Å². The van der Waals surface area contributed by atoms with Crippen LogP contribution < -0.4 is 4.90 Å². The molecular weight excluding hydrogens is 226 g/mol. The van der Waals surface area contributed by atoms with Gasteiger partial charge >= 0.3 is 0 Å². The van der Waals surface area contributed by atoms with Gasteiger partial charge in [-0.3, -0.25) is 0 Å². The first-order valence-electron chi connectivity index (χ1n) is 6.35. The van der Waals surface area contributed by atoms with Gasteiger partial charge in [0.15, 0.2) is 0 Å². The smallest absolute Gasteiger partial charge is 0.129 e. The molecule has 0 bridgehead atoms. The molecule has 4 heteroatoms. The van der Waals surface area contributed by atoms with E-state index in [0.717, 1.165) is 37.2 Å². The highest BCUT2D eigenvalue weighted by molar-refractivity contribution is 5.46. The first kappa shape index (κ1) is 12.8. The Bertz CT molecular complexity index is 472. The topological polar surface area (TPSA) is 60.2 Å². The summed E-state index contributed by atoms with van der Waals surface area (Å²) in [6, 6.07) is 5.67. The highest BCUT2D eigenvalue weighted by Crippen LogP contribution is 2.30. The van der Waals surface area contributed by atoms with Crippen molar-refractivity contribution >= 4 is 5.82 Å². The van der Waals surface area contributed by atoms with Gasteiger partial charge in [-0.15, -0.1) is 0 Å². The van der Waals surface area contributed by atoms with Gasteiger partial charge in [0.05, 0.1) is 17.2 Å². The SMILES string of the molecule is Cc1cc(C#N)cc(N(C)CC2(O)CCCC2)n1. The highest BCUT2D eigenvalue weighted by Gasteiger charge is 2.32. The summed E-state index contributed by atoms with van der Waals surface area (Å²) < 4.78 is 0. The molecule has 1 aromatic rings. The van der Waals surface area contributed by atoms with Crippen LogP contribution in [0.15, 0.2) is 12.1 Å². The minimum Gasteiger partial charge on any atom is -0.388 e. The Hall–Kier alpha value is -1.60. The van der Waals surface area contributed by atoms with Crippen LogP contribution in [0, 0.1) is 18.3 Å². The molecule has 0 unspecified atom stereocenters. The van der Waals surface area contributed by atoms with E-state index in [1.54, 1.807) is 12.1 Å². The van der Waals surface area contributed by atoms with Gasteiger partial charge in [0.1, 0.15) is 5.82 Å². The molecule has 0 amide bonds. The minimum atomic E-state index is -0.590. The van der Waals surface area contributed by atoms with Crippen molar-refractivity contribution in [2.45, 2.75) is 38.2 Å². The summed E-state index contributed by atoms with van der Waals surface area (Å²) in [6.45, 7) is 2.46. The summed E-state index contributed by atoms with van der Waals surface area (Å²) in [7, 11) is 1.92. The molecule has 0 spiro atoms. The average molecular weight is 245 g/mol. The number of aromatic nitrogens is 1. The Morgan fingerprint density at radius 2 is 2.11 bits per heavy atom. The number of anilines is 1. The van der Waals surface area contributed by atoms with Crippen LogP contribution in [-0.4, -0.2) is 29.3 Å². The molecule has 1 fully saturated rings. The molecule has 1 aliphatic carbocycles. The van der Waals surface area contributed by atoms with Crippen LogP contribution in [0.2, 0.25) is 0 Å². The molecule has 1 saturated carbocycles. The molecule has 0 aliphatic heterocycles. The molecular formula is C14H19N3O. The van der Waals surface area contributed by atoms with Crippen LogP contribution in [0.5, 0.6) is 0 Å². The Morgan fingerprint density at radius 1 is 1.44 bits per heavy atom. The molecule has 0 atom stereocenters. The fraction of sp³-hybridized carbons (Fsp3) is 0.571. The number of aliphatic hydroxyl groups is 1. The number of nitrogens with zero attached hydrogens (tertiary/aromatic N) is 3. The number of nitriles is 1. The maximum Gasteiger partial charge on any atom is 0.129 e. The largest absolute Gasteiger partial charge is 0.388 e. The van der Waals surface area contributed by atoms with Crippen LogP contribution in [0.25, 0.3) is 0 Å². The van der Waals surface area contributed by atoms with Crippen LogP contribution in [0.1, 0.15) is 36.9 Å². The van der Waals surface area contributed by atoms with Gasteiger partial charge in [-0.25, -0.2) is 4.98 Å². The van der Waals surface area contributed by atoms with Crippen molar-refractivity contribution in [3.05, 3.63) is 23.4 Å². The quantitative estimate of drug-likeness (QED) is 0.884. The summed E-state index contributed by atoms with van der Waals surface area (Å²) >= 11 is 0. The van der Waals surface area contributed by atoms with Crippen molar-refractivity contribution in [1.29, 1.82) is 5.26 Å². The molecule has 0 radical (unpaired) electrons. The van der Waals surface area contributed by atoms with E-state index < -0.39 is 5.60 Å². The van der Waals surface area contributed by atoms with E-state index in [2.05, 4.69) is 11.1 Å². The molecule has 2 rings (SSSR count). The highest BCUT2D eigenvalue weighted by atomic mass is 16.3. The standard InChI is InChI=1S/C14H19N3O/c1-11-7-12(9-15)8-13(16-11)17(2)10-14(18)5-3-4-6-14/h7-8,18H,3-6,10H2,1-2H3. The lowest BCUT2D eigenvalue weighted by Gasteiger charge is -2.29. The second kappa shape index (κ2) is 4.95. The number of hydrogen-bond acceptors (Lipinski definition) is 4. The van der Waals surface area contributed by atoms with Crippen LogP contribution >= 0.6 is 0 Å². The predicted molar refractivity (Wildman–Crippen MR) is 70.4 cm³/mol. The zero-order chi connectivity index (χ0) is 13.2. The number of rotatable bonds is 3. The van der Waals surface area contributed by atoms with Crippen molar-refractivity contribution in [2.24, 2.45) is 0 Å². The van der Waals surface area contributed by atoms with Gasteiger partial charge in [-0.05, 0) is 31.9 Å². The number of likely N-dealkylation sites (N-methyl/N-ethyl adjacent to an activating group) is 1. The lowest BCUT2D eigenvalue weighted by Crippen LogP contribution is -2.39. The molecule has 96 valence electrons. The van der Waals surface area contributed by atoms with E-state index >= 15 is 0 Å². The second-order valence-electron chi connectivity index (χ2n) is 5.25. The Morgan fingerprint density at radius 3 is 2.72 bits per heavy atom. The van der Waals surface area contributed by atoms with Crippen LogP contribution in [-0.2, 0) is 0 Å². The summed E-state index contributed by atoms with van der Waals surface area (Å²) in [6.07, 6.45) is 3.90. The number of aryl methyl sites for hydroxylation is 1. The van der Waals surface area contributed by atoms with E-state index in [-0.39, 0.29) is 0 Å². The molecule has 18 heavy (non-hydrogen) atoms. The molecule has 0 saturated heterocycles. The molecule has 4 nitrogen and oxygen atoms in total. The fourth-order valence-electron chi connectivity index (χ4n) is 2.62. The number of pyridine rings is 1. The van der Waals surface area contributed by atoms with Crippen molar-refractivity contribution in [2.75, 3.05) is 18.5 Å². The van der Waals surface area contributed by atoms with Gasteiger partial charge in [0.2, 0.25) is 0 Å². The third kappa shape index (κ3) is 2.80. The lowest BCUT2D eigenvalue weighted by molar-refractivity contribution is 0.0558. The summed E-state index contributed by atoms with van der Waals surface area (Å²) in [5, 5.41) is 19.3. The Kier molecular flexibility index (Phi) is 3.53. The first-order chi connectivity index (χ1) is 8.52. The summed E-state index contributed by atoms with van der Waals surface area (Å²) in [4.78, 5) is 6.36. The monoisotopic (exact) mass is 245 g/mol. The van der Waals surface area contributed by atoms with Gasteiger partial charge in [-0.2, -0.15) is 5.26 Å². The lowest BCUT2D eigenvalue weighted by atomic mass is 10.0. The maximum atomic E-state index is 10.4. The normalized spacial score (nSPS) is 17.4. The van der Waals surface area contributed by atoms with Crippen LogP contribution in [0.3, 0.4) is 0 Å². The van der Waals surface area contributed by atoms with Crippen molar-refractivity contribution < 1.29 is 5.11 Å². The zero-order valence-electron chi connectivity index (χ0n) is 11.0. The van der Waals surface area contributed by atoms with E-state index in [4.69, 9.17) is 5.26 Å². The number of hydrogen-bond donors (Lipinski definition) is 1. The minimum absolute atomic E-state index is 0.578.